The summed E-state index contributed by atoms with van der Waals surface area (Å²) >= 11 is 5.41. The predicted octanol–water partition coefficient (Wildman–Crippen LogP) is 3.20. The molecule has 0 aromatic heterocycles. The zero-order valence-electron chi connectivity index (χ0n) is 14.6. The summed E-state index contributed by atoms with van der Waals surface area (Å²) in [6, 6.07) is -0.366. The Labute approximate surface area is 157 Å². The van der Waals surface area contributed by atoms with Crippen molar-refractivity contribution in [2.75, 3.05) is 0 Å². The third-order valence-corrected chi connectivity index (χ3v) is 5.77. The van der Waals surface area contributed by atoms with E-state index in [1.807, 2.05) is 6.08 Å². The molecule has 3 aliphatic rings. The molecule has 0 aromatic rings. The summed E-state index contributed by atoms with van der Waals surface area (Å²) < 4.78 is 18.6. The molecule has 4 unspecified atom stereocenters. The van der Waals surface area contributed by atoms with Crippen molar-refractivity contribution >= 4 is 35.2 Å². The number of hydrogen-bond donors (Lipinski definition) is 2. The highest BCUT2D eigenvalue weighted by Gasteiger charge is 2.36. The van der Waals surface area contributed by atoms with Crippen LogP contribution in [0.3, 0.4) is 0 Å². The minimum Gasteiger partial charge on any atom is -0.408 e. The van der Waals surface area contributed by atoms with E-state index >= 15 is 0 Å². The number of nitrogens with two attached hydrogens (primary N) is 1. The van der Waals surface area contributed by atoms with Crippen LogP contribution in [0.5, 0.6) is 0 Å². The number of rotatable bonds is 3. The summed E-state index contributed by atoms with van der Waals surface area (Å²) in [5.74, 6) is -0.111. The SMILES string of the molecule is CC1=C(F)C=CC(C2N=C(OC=O)C(=N)C=C2C2CCC(N)C(=S)C2)C1. The molecule has 7 heteroatoms. The second kappa shape index (κ2) is 7.72. The molecule has 0 amide bonds. The van der Waals surface area contributed by atoms with Crippen LogP contribution in [0.2, 0.25) is 0 Å². The van der Waals surface area contributed by atoms with Crippen LogP contribution in [0.15, 0.2) is 40.2 Å². The minimum atomic E-state index is -0.305. The van der Waals surface area contributed by atoms with E-state index < -0.39 is 0 Å². The third-order valence-electron chi connectivity index (χ3n) is 5.30. The summed E-state index contributed by atoms with van der Waals surface area (Å²) in [6.45, 7) is 2.04. The first kappa shape index (κ1) is 18.8. The standard InChI is InChI=1S/C19H22FN3O2S/c1-10-6-12(2-4-14(10)20)18-13(8-16(22)19(23-18)25-9-24)11-3-5-15(21)17(26)7-11/h2,4,8-9,11-12,15,18,22H,3,5-7,21H2,1H3. The monoisotopic (exact) mass is 375 g/mol. The predicted molar refractivity (Wildman–Crippen MR) is 103 cm³/mol. The number of nitrogens with zero attached hydrogens (tertiary/aromatic N) is 1. The van der Waals surface area contributed by atoms with Gasteiger partial charge in [-0.1, -0.05) is 18.3 Å². The molecule has 0 radical (unpaired) electrons. The third kappa shape index (κ3) is 3.73. The lowest BCUT2D eigenvalue weighted by molar-refractivity contribution is -0.121. The number of hydrogen-bond acceptors (Lipinski definition) is 6. The van der Waals surface area contributed by atoms with Gasteiger partial charge in [-0.25, -0.2) is 9.38 Å². The molecule has 0 spiro atoms. The zero-order chi connectivity index (χ0) is 18.8. The maximum Gasteiger partial charge on any atom is 0.299 e. The van der Waals surface area contributed by atoms with Gasteiger partial charge in [0.1, 0.15) is 11.5 Å². The topological polar surface area (TPSA) is 88.5 Å². The molecule has 5 nitrogen and oxygen atoms in total. The summed E-state index contributed by atoms with van der Waals surface area (Å²) in [5, 5.41) is 8.13. The second-order valence-electron chi connectivity index (χ2n) is 7.06. The number of ether oxygens (including phenoxy) is 1. The van der Waals surface area contributed by atoms with E-state index in [1.165, 1.54) is 6.08 Å². The van der Waals surface area contributed by atoms with Crippen molar-refractivity contribution in [3.8, 4) is 0 Å². The molecule has 3 N–H and O–H groups in total. The molecule has 1 heterocycles. The van der Waals surface area contributed by atoms with E-state index in [4.69, 9.17) is 28.1 Å². The molecule has 3 rings (SSSR count). The normalized spacial score (nSPS) is 32.3. The molecule has 1 saturated carbocycles. The first-order chi connectivity index (χ1) is 12.4. The number of halogens is 1. The van der Waals surface area contributed by atoms with E-state index in [2.05, 4.69) is 4.99 Å². The fourth-order valence-electron chi connectivity index (χ4n) is 3.83. The van der Waals surface area contributed by atoms with Gasteiger partial charge in [-0.05, 0) is 61.8 Å². The van der Waals surface area contributed by atoms with Crippen molar-refractivity contribution in [1.82, 2.24) is 0 Å². The van der Waals surface area contributed by atoms with Crippen molar-refractivity contribution in [2.45, 2.75) is 44.7 Å². The molecular formula is C19H22FN3O2S. The fourth-order valence-corrected chi connectivity index (χ4v) is 4.15. The lowest BCUT2D eigenvalue weighted by atomic mass is 9.73. The van der Waals surface area contributed by atoms with Crippen LogP contribution in [-0.4, -0.2) is 35.0 Å². The van der Waals surface area contributed by atoms with Gasteiger partial charge in [-0.3, -0.25) is 10.2 Å². The van der Waals surface area contributed by atoms with E-state index in [-0.39, 0.29) is 47.8 Å². The summed E-state index contributed by atoms with van der Waals surface area (Å²) in [7, 11) is 0. The highest BCUT2D eigenvalue weighted by molar-refractivity contribution is 7.80. The number of carbonyl (C=O) groups excluding carboxylic acids is 1. The number of thiocarbonyl (C=S) groups is 1. The van der Waals surface area contributed by atoms with Crippen molar-refractivity contribution in [3.63, 3.8) is 0 Å². The van der Waals surface area contributed by atoms with Crippen molar-refractivity contribution in [1.29, 1.82) is 5.41 Å². The van der Waals surface area contributed by atoms with Gasteiger partial charge in [-0.15, -0.1) is 0 Å². The Hall–Kier alpha value is -1.99. The van der Waals surface area contributed by atoms with Gasteiger partial charge in [0.05, 0.1) is 6.04 Å². The molecule has 1 fully saturated rings. The molecular weight excluding hydrogens is 353 g/mol. The van der Waals surface area contributed by atoms with Crippen LogP contribution in [0, 0.1) is 17.2 Å². The quantitative estimate of drug-likeness (QED) is 0.586. The van der Waals surface area contributed by atoms with Crippen LogP contribution >= 0.6 is 12.2 Å². The first-order valence-electron chi connectivity index (χ1n) is 8.71. The van der Waals surface area contributed by atoms with Crippen molar-refractivity contribution in [3.05, 3.63) is 35.2 Å². The molecule has 138 valence electrons. The molecule has 1 aliphatic heterocycles. The zero-order valence-corrected chi connectivity index (χ0v) is 15.4. The van der Waals surface area contributed by atoms with Gasteiger partial charge in [0.15, 0.2) is 0 Å². The van der Waals surface area contributed by atoms with Gasteiger partial charge in [0, 0.05) is 16.8 Å². The molecule has 2 aliphatic carbocycles. The van der Waals surface area contributed by atoms with Crippen LogP contribution in [0.4, 0.5) is 4.39 Å². The largest absolute Gasteiger partial charge is 0.408 e. The second-order valence-corrected chi connectivity index (χ2v) is 7.58. The summed E-state index contributed by atoms with van der Waals surface area (Å²) in [4.78, 5) is 16.1. The maximum absolute atomic E-state index is 13.7. The smallest absolute Gasteiger partial charge is 0.299 e. The summed E-state index contributed by atoms with van der Waals surface area (Å²) in [5.41, 5.74) is 7.76. The maximum atomic E-state index is 13.7. The van der Waals surface area contributed by atoms with Crippen LogP contribution in [0.25, 0.3) is 0 Å². The molecule has 26 heavy (non-hydrogen) atoms. The van der Waals surface area contributed by atoms with E-state index in [9.17, 15) is 9.18 Å². The average Bonchev–Trinajstić information content (AvgIpc) is 2.61. The fraction of sp³-hybridized carbons (Fsp3) is 0.474. The Kier molecular flexibility index (Phi) is 5.58. The Morgan fingerprint density at radius 1 is 1.42 bits per heavy atom. The summed E-state index contributed by atoms with van der Waals surface area (Å²) in [6.07, 6.45) is 7.91. The highest BCUT2D eigenvalue weighted by atomic mass is 32.1. The Morgan fingerprint density at radius 2 is 2.19 bits per heavy atom. The number of aliphatic imine (C=N–C) groups is 1. The van der Waals surface area contributed by atoms with Gasteiger partial charge < -0.3 is 10.5 Å². The van der Waals surface area contributed by atoms with Crippen LogP contribution < -0.4 is 5.73 Å². The van der Waals surface area contributed by atoms with E-state index in [0.29, 0.717) is 18.4 Å². The Balaban J connectivity index is 1.92. The van der Waals surface area contributed by atoms with Gasteiger partial charge in [0.2, 0.25) is 5.90 Å². The van der Waals surface area contributed by atoms with E-state index in [1.54, 1.807) is 13.0 Å². The Morgan fingerprint density at radius 3 is 2.85 bits per heavy atom. The number of carbonyl (C=O) groups is 1. The minimum absolute atomic E-state index is 0.00455. The lowest BCUT2D eigenvalue weighted by Crippen LogP contribution is -2.39. The van der Waals surface area contributed by atoms with Crippen molar-refractivity contribution in [2.24, 2.45) is 22.6 Å². The molecule has 0 bridgehead atoms. The number of dihydropyridines is 1. The van der Waals surface area contributed by atoms with Crippen molar-refractivity contribution < 1.29 is 13.9 Å². The van der Waals surface area contributed by atoms with Gasteiger partial charge >= 0.3 is 0 Å². The number of nitrogens with one attached hydrogen (secondary N) is 1. The van der Waals surface area contributed by atoms with Crippen LogP contribution in [0.1, 0.15) is 32.6 Å². The first-order valence-corrected chi connectivity index (χ1v) is 9.11. The van der Waals surface area contributed by atoms with Gasteiger partial charge in [0.25, 0.3) is 6.47 Å². The molecule has 0 aromatic carbocycles. The van der Waals surface area contributed by atoms with Gasteiger partial charge in [-0.2, -0.15) is 0 Å². The average molecular weight is 375 g/mol. The molecule has 4 atom stereocenters. The molecule has 0 saturated heterocycles. The number of allylic oxidation sites excluding steroid dienone is 3. The van der Waals surface area contributed by atoms with Crippen LogP contribution in [-0.2, 0) is 9.53 Å². The highest BCUT2D eigenvalue weighted by Crippen LogP contribution is 2.39. The Bertz CT molecular complexity index is 769. The lowest BCUT2D eigenvalue weighted by Gasteiger charge is -2.36. The van der Waals surface area contributed by atoms with E-state index in [0.717, 1.165) is 23.3 Å².